The number of aromatic hydroxyl groups is 1. The van der Waals surface area contributed by atoms with Gasteiger partial charge in [-0.05, 0) is 55.7 Å². The highest BCUT2D eigenvalue weighted by Crippen LogP contribution is 2.36. The number of alkyl halides is 6. The first-order chi connectivity index (χ1) is 15.4. The van der Waals surface area contributed by atoms with Crippen LogP contribution in [0.2, 0.25) is 0 Å². The van der Waals surface area contributed by atoms with E-state index in [-0.39, 0.29) is 31.6 Å². The molecule has 0 saturated carbocycles. The number of unbranched alkanes of at least 4 members (excludes halogenated alkanes) is 2. The Labute approximate surface area is 182 Å². The smallest absolute Gasteiger partial charge is 0.416 e. The van der Waals surface area contributed by atoms with Crippen molar-refractivity contribution < 1.29 is 45.4 Å². The standard InChI is InChI=1S/C20H16F7N3O3/c21-13-5-6-16(31)14(11-13)18(32)29-30-28-15-10-12(20(25,26)27)4-7-17(15)33-9-3-1-2-8-19(22,23)24/h4-7,10-11H,1-3,8-9H2/p+1. The van der Waals surface area contributed by atoms with Gasteiger partial charge in [-0.3, -0.25) is 4.79 Å². The van der Waals surface area contributed by atoms with Gasteiger partial charge >= 0.3 is 18.3 Å². The Morgan fingerprint density at radius 2 is 1.73 bits per heavy atom. The minimum atomic E-state index is -4.72. The fraction of sp³-hybridized carbons (Fsp3) is 0.350. The van der Waals surface area contributed by atoms with Crippen LogP contribution in [0, 0.1) is 5.82 Å². The number of hydrogen-bond acceptors (Lipinski definition) is 4. The average molecular weight is 480 g/mol. The third-order valence-corrected chi connectivity index (χ3v) is 4.13. The molecule has 2 rings (SSSR count). The van der Waals surface area contributed by atoms with E-state index in [1.807, 2.05) is 0 Å². The number of benzene rings is 2. The summed E-state index contributed by atoms with van der Waals surface area (Å²) in [5.41, 5.74) is -2.07. The van der Waals surface area contributed by atoms with Crippen LogP contribution in [0.15, 0.2) is 46.6 Å². The maximum Gasteiger partial charge on any atom is 0.416 e. The summed E-state index contributed by atoms with van der Waals surface area (Å²) in [6, 6.07) is 4.74. The van der Waals surface area contributed by atoms with Crippen LogP contribution in [0.25, 0.3) is 0 Å². The molecule has 0 heterocycles. The summed E-state index contributed by atoms with van der Waals surface area (Å²) < 4.78 is 93.9. The molecule has 33 heavy (non-hydrogen) atoms. The van der Waals surface area contributed by atoms with Gasteiger partial charge in [-0.2, -0.15) is 26.3 Å². The molecule has 0 aliphatic heterocycles. The lowest BCUT2D eigenvalue weighted by molar-refractivity contribution is -0.138. The second-order valence-electron chi connectivity index (χ2n) is 6.71. The Kier molecular flexibility index (Phi) is 8.52. The highest BCUT2D eigenvalue weighted by Gasteiger charge is 2.32. The summed E-state index contributed by atoms with van der Waals surface area (Å²) in [4.78, 5) is 15.1. The van der Waals surface area contributed by atoms with Gasteiger partial charge in [0.25, 0.3) is 0 Å². The molecule has 0 spiro atoms. The number of nitrogens with zero attached hydrogens (tertiary/aromatic N) is 3. The molecule has 0 aromatic heterocycles. The van der Waals surface area contributed by atoms with Crippen molar-refractivity contribution in [2.75, 3.05) is 6.61 Å². The number of rotatable bonds is 8. The van der Waals surface area contributed by atoms with E-state index in [0.717, 1.165) is 18.2 Å². The number of carbonyl (C=O) groups excluding carboxylic acids is 1. The van der Waals surface area contributed by atoms with Crippen molar-refractivity contribution in [1.29, 1.82) is 0 Å². The summed E-state index contributed by atoms with van der Waals surface area (Å²) in [6.07, 6.45) is -9.69. The molecule has 0 saturated heterocycles. The number of ether oxygens (including phenoxy) is 1. The third kappa shape index (κ3) is 8.53. The third-order valence-electron chi connectivity index (χ3n) is 4.13. The number of halogens is 7. The predicted octanol–water partition coefficient (Wildman–Crippen LogP) is 6.50. The summed E-state index contributed by atoms with van der Waals surface area (Å²) >= 11 is 0. The quantitative estimate of drug-likeness (QED) is 0.203. The van der Waals surface area contributed by atoms with Crippen molar-refractivity contribution in [3.8, 4) is 11.5 Å². The Morgan fingerprint density at radius 3 is 2.39 bits per heavy atom. The lowest BCUT2D eigenvalue weighted by Gasteiger charge is -2.10. The number of phenolic OH excluding ortho intramolecular Hbond substituents is 1. The Balaban J connectivity index is 2.16. The molecule has 178 valence electrons. The minimum absolute atomic E-state index is 0.0982. The van der Waals surface area contributed by atoms with Crippen molar-refractivity contribution in [3.05, 3.63) is 53.3 Å². The molecular formula is C20H17F7N3O3+. The first-order valence-corrected chi connectivity index (χ1v) is 9.42. The van der Waals surface area contributed by atoms with Gasteiger partial charge in [0, 0.05) is 6.42 Å². The maximum absolute atomic E-state index is 13.2. The van der Waals surface area contributed by atoms with E-state index in [9.17, 15) is 40.6 Å². The molecule has 0 aliphatic rings. The van der Waals surface area contributed by atoms with E-state index in [0.29, 0.717) is 18.2 Å². The normalized spacial score (nSPS) is 11.6. The molecule has 0 radical (unpaired) electrons. The van der Waals surface area contributed by atoms with E-state index in [4.69, 9.17) is 4.74 Å². The number of carbonyl (C=O) groups is 1. The molecule has 0 atom stereocenters. The van der Waals surface area contributed by atoms with E-state index in [1.165, 1.54) is 0 Å². The highest BCUT2D eigenvalue weighted by molar-refractivity contribution is 5.96. The lowest BCUT2D eigenvalue weighted by Crippen LogP contribution is -2.07. The topological polar surface area (TPSA) is 85.4 Å². The summed E-state index contributed by atoms with van der Waals surface area (Å²) in [5, 5.41) is 16.1. The molecule has 0 fully saturated rings. The van der Waals surface area contributed by atoms with E-state index in [1.54, 1.807) is 0 Å². The van der Waals surface area contributed by atoms with Crippen molar-refractivity contribution in [2.24, 2.45) is 10.2 Å². The van der Waals surface area contributed by atoms with Crippen LogP contribution >= 0.6 is 0 Å². The van der Waals surface area contributed by atoms with Crippen LogP contribution in [-0.4, -0.2) is 23.8 Å². The summed E-state index contributed by atoms with van der Waals surface area (Å²) in [7, 11) is 0. The highest BCUT2D eigenvalue weighted by atomic mass is 19.4. The zero-order chi connectivity index (χ0) is 24.6. The Bertz CT molecular complexity index is 1050. The second-order valence-corrected chi connectivity index (χ2v) is 6.71. The zero-order valence-electron chi connectivity index (χ0n) is 16.8. The number of hydrogen-bond donors (Lipinski definition) is 1. The van der Waals surface area contributed by atoms with Crippen molar-refractivity contribution in [2.45, 2.75) is 38.0 Å². The second kappa shape index (κ2) is 10.9. The average Bonchev–Trinajstić information content (AvgIpc) is 2.71. The van der Waals surface area contributed by atoms with E-state index >= 15 is 0 Å². The molecule has 2 aromatic carbocycles. The SMILES string of the molecule is O=C(N=[N+]=Nc1cc(C(F)(F)F)ccc1OCCCCCC(F)(F)F)c1cc(F)ccc1O. The molecule has 2 aromatic rings. The first-order valence-electron chi connectivity index (χ1n) is 9.42. The van der Waals surface area contributed by atoms with Gasteiger partial charge in [-0.1, -0.05) is 0 Å². The summed E-state index contributed by atoms with van der Waals surface area (Å²) in [5.74, 6) is -2.80. The van der Waals surface area contributed by atoms with Gasteiger partial charge in [0.1, 0.15) is 11.6 Å². The molecule has 1 N–H and O–H groups in total. The Morgan fingerprint density at radius 1 is 1.00 bits per heavy atom. The fourth-order valence-electron chi connectivity index (χ4n) is 2.52. The minimum Gasteiger partial charge on any atom is -0.507 e. The van der Waals surface area contributed by atoms with Crippen molar-refractivity contribution >= 4 is 11.6 Å². The molecule has 6 nitrogen and oxygen atoms in total. The molecule has 0 unspecified atom stereocenters. The Hall–Kier alpha value is -3.47. The largest absolute Gasteiger partial charge is 0.507 e. The monoisotopic (exact) mass is 480 g/mol. The zero-order valence-corrected chi connectivity index (χ0v) is 16.8. The van der Waals surface area contributed by atoms with Gasteiger partial charge < -0.3 is 9.84 Å². The van der Waals surface area contributed by atoms with Gasteiger partial charge in [0.2, 0.25) is 10.0 Å². The lowest BCUT2D eigenvalue weighted by atomic mass is 10.2. The van der Waals surface area contributed by atoms with Crippen LogP contribution in [0.1, 0.15) is 41.6 Å². The predicted molar refractivity (Wildman–Crippen MR) is 101 cm³/mol. The van der Waals surface area contributed by atoms with E-state index < -0.39 is 53.1 Å². The van der Waals surface area contributed by atoms with Crippen LogP contribution in [0.5, 0.6) is 11.5 Å². The van der Waals surface area contributed by atoms with Crippen molar-refractivity contribution in [3.63, 3.8) is 0 Å². The molecule has 0 aliphatic carbocycles. The van der Waals surface area contributed by atoms with Crippen molar-refractivity contribution in [1.82, 2.24) is 4.91 Å². The van der Waals surface area contributed by atoms with Crippen LogP contribution < -0.4 is 9.65 Å². The first kappa shape index (κ1) is 25.8. The fourth-order valence-corrected chi connectivity index (χ4v) is 2.52. The number of amides is 1. The number of phenols is 1. The van der Waals surface area contributed by atoms with Gasteiger partial charge in [0.05, 0.1) is 17.7 Å². The van der Waals surface area contributed by atoms with Crippen LogP contribution in [-0.2, 0) is 6.18 Å². The van der Waals surface area contributed by atoms with Gasteiger partial charge in [-0.15, -0.1) is 0 Å². The molecular weight excluding hydrogens is 463 g/mol. The van der Waals surface area contributed by atoms with E-state index in [2.05, 4.69) is 15.1 Å². The maximum atomic E-state index is 13.2. The van der Waals surface area contributed by atoms with Gasteiger partial charge in [0.15, 0.2) is 16.6 Å². The van der Waals surface area contributed by atoms with Crippen LogP contribution in [0.4, 0.5) is 36.4 Å². The van der Waals surface area contributed by atoms with Gasteiger partial charge in [-0.25, -0.2) is 4.39 Å². The summed E-state index contributed by atoms with van der Waals surface area (Å²) in [6.45, 7) is -0.0982. The molecule has 0 bridgehead atoms. The van der Waals surface area contributed by atoms with Crippen LogP contribution in [0.3, 0.4) is 0 Å². The molecule has 13 heteroatoms. The molecule has 1 amide bonds.